The Morgan fingerprint density at radius 3 is 2.52 bits per heavy atom. The van der Waals surface area contributed by atoms with Gasteiger partial charge < -0.3 is 10.2 Å². The molecule has 0 aliphatic rings. The van der Waals surface area contributed by atoms with E-state index in [0.29, 0.717) is 6.54 Å². The predicted molar refractivity (Wildman–Crippen MR) is 71.9 cm³/mol. The van der Waals surface area contributed by atoms with Crippen LogP contribution in [0.3, 0.4) is 0 Å². The molecule has 0 saturated carbocycles. The van der Waals surface area contributed by atoms with Gasteiger partial charge in [0.1, 0.15) is 11.6 Å². The summed E-state index contributed by atoms with van der Waals surface area (Å²) in [6, 6.07) is 11.7. The molecule has 9 heteroatoms. The average Bonchev–Trinajstić information content (AvgIpc) is 2.47. The normalized spacial score (nSPS) is 12.0. The molecule has 1 heterocycles. The number of carboxylic acids is 1. The molecule has 0 fully saturated rings. The van der Waals surface area contributed by atoms with Crippen LogP contribution < -0.4 is 4.68 Å². The highest BCUT2D eigenvalue weighted by molar-refractivity contribution is 5.76. The number of aliphatic hydroxyl groups excluding tert-OH is 1. The maximum Gasteiger partial charge on any atom is 0.490 e. The zero-order valence-electron chi connectivity index (χ0n) is 11.7. The van der Waals surface area contributed by atoms with E-state index in [4.69, 9.17) is 15.2 Å². The number of benzene rings is 1. The lowest BCUT2D eigenvalue weighted by molar-refractivity contribution is -0.757. The van der Waals surface area contributed by atoms with Gasteiger partial charge in [-0.25, -0.2) is 4.79 Å². The molecule has 122 valence electrons. The van der Waals surface area contributed by atoms with Crippen molar-refractivity contribution >= 4 is 16.9 Å². The van der Waals surface area contributed by atoms with Gasteiger partial charge in [-0.15, -0.1) is 0 Å². The first kappa shape index (κ1) is 18.3. The lowest BCUT2D eigenvalue weighted by Crippen LogP contribution is -2.42. The first-order valence-corrected chi connectivity index (χ1v) is 6.34. The lowest BCUT2D eigenvalue weighted by atomic mass is 10.2. The summed E-state index contributed by atoms with van der Waals surface area (Å²) in [6.07, 6.45) is -3.81. The maximum atomic E-state index is 10.6. The Morgan fingerprint density at radius 1 is 1.35 bits per heavy atom. The maximum absolute atomic E-state index is 10.6. The molecule has 0 amide bonds. The number of carboxylic acid groups (broad SMARTS) is 1. The monoisotopic (exact) mass is 328 g/mol. The predicted octanol–water partition coefficient (Wildman–Crippen LogP) is 1.43. The van der Waals surface area contributed by atoms with Gasteiger partial charge in [0.15, 0.2) is 6.20 Å². The molecule has 23 heavy (non-hydrogen) atoms. The van der Waals surface area contributed by atoms with Crippen LogP contribution >= 0.6 is 0 Å². The Morgan fingerprint density at radius 2 is 1.96 bits per heavy atom. The molecule has 1 atom stereocenters. The van der Waals surface area contributed by atoms with E-state index in [1.165, 1.54) is 0 Å². The minimum atomic E-state index is -5.08. The Bertz CT molecular complexity index is 713. The molecule has 1 aromatic carbocycles. The zero-order valence-corrected chi connectivity index (χ0v) is 11.7. The van der Waals surface area contributed by atoms with Gasteiger partial charge in [0.05, 0.1) is 12.5 Å². The third-order valence-electron chi connectivity index (χ3n) is 2.57. The Balaban J connectivity index is 0.000000322. The van der Waals surface area contributed by atoms with Gasteiger partial charge in [-0.1, -0.05) is 22.9 Å². The number of hydrogen-bond acceptors (Lipinski definition) is 4. The van der Waals surface area contributed by atoms with E-state index in [2.05, 4.69) is 5.10 Å². The summed E-state index contributed by atoms with van der Waals surface area (Å²) >= 11 is 0. The number of halogens is 3. The highest BCUT2D eigenvalue weighted by atomic mass is 19.4. The number of fused-ring (bicyclic) bond motifs is 1. The summed E-state index contributed by atoms with van der Waals surface area (Å²) in [6.45, 7) is 0.346. The van der Waals surface area contributed by atoms with E-state index in [-0.39, 0.29) is 6.42 Å². The van der Waals surface area contributed by atoms with Crippen molar-refractivity contribution in [2.24, 2.45) is 0 Å². The lowest BCUT2D eigenvalue weighted by Gasteiger charge is -2.00. The molecule has 0 saturated heterocycles. The van der Waals surface area contributed by atoms with Gasteiger partial charge in [-0.05, 0) is 6.07 Å². The number of aliphatic carboxylic acids is 1. The first-order valence-electron chi connectivity index (χ1n) is 6.34. The van der Waals surface area contributed by atoms with Crippen LogP contribution in [0.2, 0.25) is 0 Å². The van der Waals surface area contributed by atoms with Crippen LogP contribution in [0.25, 0.3) is 10.9 Å². The van der Waals surface area contributed by atoms with Crippen molar-refractivity contribution in [3.63, 3.8) is 0 Å². The quantitative estimate of drug-likeness (QED) is 0.831. The highest BCUT2D eigenvalue weighted by Gasteiger charge is 2.38. The van der Waals surface area contributed by atoms with Crippen molar-refractivity contribution in [2.75, 3.05) is 0 Å². The fourth-order valence-electron chi connectivity index (χ4n) is 1.55. The number of aromatic nitrogens is 2. The van der Waals surface area contributed by atoms with Crippen LogP contribution in [0.15, 0.2) is 36.5 Å². The first-order chi connectivity index (χ1) is 10.7. The Labute approximate surface area is 129 Å². The van der Waals surface area contributed by atoms with Crippen LogP contribution in [-0.2, 0) is 11.3 Å². The van der Waals surface area contributed by atoms with E-state index >= 15 is 0 Å². The van der Waals surface area contributed by atoms with Crippen LogP contribution in [0, 0.1) is 11.3 Å². The summed E-state index contributed by atoms with van der Waals surface area (Å²) in [7, 11) is 0. The molecule has 2 N–H and O–H groups in total. The van der Waals surface area contributed by atoms with Gasteiger partial charge in [-0.3, -0.25) is 0 Å². The minimum Gasteiger partial charge on any atom is -0.475 e. The number of rotatable bonds is 3. The molecule has 0 aliphatic carbocycles. The summed E-state index contributed by atoms with van der Waals surface area (Å²) in [5.41, 5.74) is 0.883. The van der Waals surface area contributed by atoms with Crippen LogP contribution in [0.5, 0.6) is 0 Å². The second-order valence-electron chi connectivity index (χ2n) is 4.42. The Hall–Kier alpha value is -2.73. The summed E-state index contributed by atoms with van der Waals surface area (Å²) in [5, 5.41) is 30.5. The second kappa shape index (κ2) is 8.05. The van der Waals surface area contributed by atoms with E-state index in [1.54, 1.807) is 4.68 Å². The van der Waals surface area contributed by atoms with E-state index in [9.17, 15) is 18.3 Å². The summed E-state index contributed by atoms with van der Waals surface area (Å²) in [5.74, 6) is -2.76. The number of alkyl halides is 3. The molecule has 0 unspecified atom stereocenters. The van der Waals surface area contributed by atoms with Crippen molar-refractivity contribution in [3.8, 4) is 6.07 Å². The molecule has 1 aromatic heterocycles. The zero-order chi connectivity index (χ0) is 17.5. The fourth-order valence-corrected chi connectivity index (χ4v) is 1.55. The molecular formula is C14H13F3N3O3+. The van der Waals surface area contributed by atoms with E-state index in [1.807, 2.05) is 42.6 Å². The Kier molecular flexibility index (Phi) is 6.41. The van der Waals surface area contributed by atoms with Crippen LogP contribution in [0.4, 0.5) is 13.2 Å². The van der Waals surface area contributed by atoms with Gasteiger partial charge >= 0.3 is 12.1 Å². The van der Waals surface area contributed by atoms with Crippen molar-refractivity contribution in [2.45, 2.75) is 25.2 Å². The van der Waals surface area contributed by atoms with Gasteiger partial charge in [0.25, 0.3) is 0 Å². The van der Waals surface area contributed by atoms with Gasteiger partial charge in [0, 0.05) is 16.6 Å². The highest BCUT2D eigenvalue weighted by Crippen LogP contribution is 2.13. The number of nitriles is 1. The standard InChI is InChI=1S/C12H12N3O.C2HF3O2/c13-7-5-11(16)9-15-8-6-10-3-1-2-4-12(10)14-15;3-2(4,5)1(6)7/h1-4,6,8,11,16H,5,9H2;(H,6,7)/q+1;/t11-;/m0./s1. The molecule has 6 nitrogen and oxygen atoms in total. The summed E-state index contributed by atoms with van der Waals surface area (Å²) < 4.78 is 33.4. The third-order valence-corrected chi connectivity index (χ3v) is 2.57. The average molecular weight is 328 g/mol. The molecule has 2 aromatic rings. The second-order valence-corrected chi connectivity index (χ2v) is 4.42. The topological polar surface area (TPSA) is 98.1 Å². The van der Waals surface area contributed by atoms with Crippen LogP contribution in [0.1, 0.15) is 6.42 Å². The molecular weight excluding hydrogens is 315 g/mol. The van der Waals surface area contributed by atoms with Crippen molar-refractivity contribution in [1.82, 2.24) is 5.10 Å². The SMILES string of the molecule is N#CC[C@H](O)C[n+]1ccc2ccccc2n1.O=C(O)C(F)(F)F. The number of aliphatic hydroxyl groups is 1. The molecule has 0 radical (unpaired) electrons. The smallest absolute Gasteiger partial charge is 0.475 e. The molecule has 2 rings (SSSR count). The van der Waals surface area contributed by atoms with Crippen molar-refractivity contribution < 1.29 is 32.9 Å². The van der Waals surface area contributed by atoms with Crippen molar-refractivity contribution in [1.29, 1.82) is 5.26 Å². The largest absolute Gasteiger partial charge is 0.490 e. The summed E-state index contributed by atoms with van der Waals surface area (Å²) in [4.78, 5) is 8.90. The van der Waals surface area contributed by atoms with Gasteiger partial charge in [0.2, 0.25) is 6.54 Å². The molecule has 0 aliphatic heterocycles. The molecule has 0 spiro atoms. The van der Waals surface area contributed by atoms with Crippen LogP contribution in [-0.4, -0.2) is 33.6 Å². The number of hydrogen-bond donors (Lipinski definition) is 2. The number of carbonyl (C=O) groups is 1. The molecule has 0 bridgehead atoms. The fraction of sp³-hybridized carbons (Fsp3) is 0.286. The van der Waals surface area contributed by atoms with E-state index in [0.717, 1.165) is 10.9 Å². The number of nitrogens with zero attached hydrogens (tertiary/aromatic N) is 3. The van der Waals surface area contributed by atoms with E-state index < -0.39 is 18.2 Å². The third kappa shape index (κ3) is 6.27. The van der Waals surface area contributed by atoms with Crippen molar-refractivity contribution in [3.05, 3.63) is 36.5 Å². The minimum absolute atomic E-state index is 0.126. The van der Waals surface area contributed by atoms with Gasteiger partial charge in [-0.2, -0.15) is 18.4 Å².